The Balaban J connectivity index is 1.35. The third-order valence-corrected chi connectivity index (χ3v) is 8.12. The Bertz CT molecular complexity index is 1220. The van der Waals surface area contributed by atoms with E-state index in [1.165, 1.54) is 18.1 Å². The SMILES string of the molecule is COc1ccc(CN2C(=O)[C@@H]3CCCC[C@H]3C2=O)cc1S(=O)(=O)NCc1ccc2c(c1)OCO2. The average molecular weight is 487 g/mol. The van der Waals surface area contributed by atoms with E-state index < -0.39 is 10.0 Å². The number of benzene rings is 2. The predicted octanol–water partition coefficient (Wildman–Crippen LogP) is 2.58. The summed E-state index contributed by atoms with van der Waals surface area (Å²) in [5, 5.41) is 0. The molecule has 0 aromatic heterocycles. The van der Waals surface area contributed by atoms with E-state index in [-0.39, 0.29) is 54.2 Å². The van der Waals surface area contributed by atoms with Crippen LogP contribution in [-0.2, 0) is 32.7 Å². The number of imide groups is 1. The first kappa shape index (κ1) is 22.7. The molecule has 0 unspecified atom stereocenters. The first-order chi connectivity index (χ1) is 16.4. The number of rotatable bonds is 7. The van der Waals surface area contributed by atoms with Gasteiger partial charge in [-0.2, -0.15) is 0 Å². The lowest BCUT2D eigenvalue weighted by atomic mass is 9.81. The maximum atomic E-state index is 13.1. The fraction of sp³-hybridized carbons (Fsp3) is 0.417. The minimum atomic E-state index is -3.95. The molecule has 3 aliphatic rings. The summed E-state index contributed by atoms with van der Waals surface area (Å²) >= 11 is 0. The molecule has 1 saturated carbocycles. The van der Waals surface area contributed by atoms with Crippen molar-refractivity contribution in [2.45, 2.75) is 43.7 Å². The van der Waals surface area contributed by atoms with E-state index in [4.69, 9.17) is 14.2 Å². The topological polar surface area (TPSA) is 111 Å². The monoisotopic (exact) mass is 486 g/mol. The van der Waals surface area contributed by atoms with Gasteiger partial charge in [0.2, 0.25) is 28.6 Å². The number of likely N-dealkylation sites (tertiary alicyclic amines) is 1. The van der Waals surface area contributed by atoms with E-state index in [0.29, 0.717) is 22.6 Å². The number of amides is 2. The number of sulfonamides is 1. The van der Waals surface area contributed by atoms with Crippen molar-refractivity contribution in [1.29, 1.82) is 0 Å². The molecule has 0 radical (unpaired) electrons. The van der Waals surface area contributed by atoms with Gasteiger partial charge >= 0.3 is 0 Å². The van der Waals surface area contributed by atoms with Crippen LogP contribution in [0.25, 0.3) is 0 Å². The average Bonchev–Trinajstić information content (AvgIpc) is 3.41. The Morgan fingerprint density at radius 3 is 2.35 bits per heavy atom. The maximum Gasteiger partial charge on any atom is 0.244 e. The Morgan fingerprint density at radius 2 is 1.65 bits per heavy atom. The minimum absolute atomic E-state index is 0.0405. The zero-order valence-corrected chi connectivity index (χ0v) is 19.6. The van der Waals surface area contributed by atoms with Crippen LogP contribution in [0.2, 0.25) is 0 Å². The summed E-state index contributed by atoms with van der Waals surface area (Å²) in [6.07, 6.45) is 3.37. The number of carbonyl (C=O) groups excluding carboxylic acids is 2. The lowest BCUT2D eigenvalue weighted by molar-refractivity contribution is -0.140. The van der Waals surface area contributed by atoms with E-state index in [1.54, 1.807) is 30.3 Å². The molecule has 0 bridgehead atoms. The molecule has 34 heavy (non-hydrogen) atoms. The van der Waals surface area contributed by atoms with Crippen LogP contribution in [0, 0.1) is 11.8 Å². The number of carbonyl (C=O) groups is 2. The van der Waals surface area contributed by atoms with Crippen LogP contribution in [0.15, 0.2) is 41.3 Å². The second-order valence-electron chi connectivity index (χ2n) is 8.76. The van der Waals surface area contributed by atoms with Gasteiger partial charge in [-0.25, -0.2) is 13.1 Å². The predicted molar refractivity (Wildman–Crippen MR) is 121 cm³/mol. The van der Waals surface area contributed by atoms with Crippen molar-refractivity contribution in [3.05, 3.63) is 47.5 Å². The van der Waals surface area contributed by atoms with Gasteiger partial charge < -0.3 is 14.2 Å². The number of hydrogen-bond donors (Lipinski definition) is 1. The second kappa shape index (κ2) is 8.92. The Kier molecular flexibility index (Phi) is 5.95. The van der Waals surface area contributed by atoms with Crippen LogP contribution in [0.5, 0.6) is 17.2 Å². The first-order valence-electron chi connectivity index (χ1n) is 11.3. The molecule has 10 heteroatoms. The van der Waals surface area contributed by atoms with E-state index in [9.17, 15) is 18.0 Å². The summed E-state index contributed by atoms with van der Waals surface area (Å²) in [5.41, 5.74) is 1.25. The van der Waals surface area contributed by atoms with E-state index in [0.717, 1.165) is 25.7 Å². The quantitative estimate of drug-likeness (QED) is 0.599. The number of fused-ring (bicyclic) bond motifs is 2. The number of ether oxygens (including phenoxy) is 3. The lowest BCUT2D eigenvalue weighted by Gasteiger charge is -2.19. The molecule has 1 saturated heterocycles. The minimum Gasteiger partial charge on any atom is -0.495 e. The van der Waals surface area contributed by atoms with Crippen molar-refractivity contribution in [2.75, 3.05) is 13.9 Å². The highest BCUT2D eigenvalue weighted by atomic mass is 32.2. The zero-order chi connectivity index (χ0) is 23.9. The second-order valence-corrected chi connectivity index (χ2v) is 10.5. The molecule has 180 valence electrons. The molecule has 5 rings (SSSR count). The summed E-state index contributed by atoms with van der Waals surface area (Å²) in [5.74, 6) is 0.558. The Labute approximate surface area is 198 Å². The van der Waals surface area contributed by atoms with Crippen LogP contribution in [0.3, 0.4) is 0 Å². The number of nitrogens with zero attached hydrogens (tertiary/aromatic N) is 1. The largest absolute Gasteiger partial charge is 0.495 e. The molecule has 2 atom stereocenters. The van der Waals surface area contributed by atoms with Crippen LogP contribution in [0.4, 0.5) is 0 Å². The molecule has 9 nitrogen and oxygen atoms in total. The van der Waals surface area contributed by atoms with Gasteiger partial charge in [-0.3, -0.25) is 14.5 Å². The number of methoxy groups -OCH3 is 1. The standard InChI is InChI=1S/C24H26N2O7S/c1-31-20-9-7-16(13-26-23(27)17-4-2-3-5-18(17)24(26)28)11-22(20)34(29,30)25-12-15-6-8-19-21(10-15)33-14-32-19/h6-11,17-18,25H,2-5,12-14H2,1H3/t17-,18-/m1/s1. The van der Waals surface area contributed by atoms with Gasteiger partial charge in [0.15, 0.2) is 11.5 Å². The van der Waals surface area contributed by atoms with Crippen molar-refractivity contribution in [3.8, 4) is 17.2 Å². The highest BCUT2D eigenvalue weighted by Crippen LogP contribution is 2.39. The van der Waals surface area contributed by atoms with Gasteiger partial charge in [0, 0.05) is 6.54 Å². The van der Waals surface area contributed by atoms with Gasteiger partial charge in [-0.05, 0) is 48.2 Å². The fourth-order valence-corrected chi connectivity index (χ4v) is 6.14. The summed E-state index contributed by atoms with van der Waals surface area (Å²) < 4.78 is 44.8. The molecule has 2 fully saturated rings. The summed E-state index contributed by atoms with van der Waals surface area (Å²) in [6, 6.07) is 9.90. The van der Waals surface area contributed by atoms with E-state index in [1.807, 2.05) is 0 Å². The third kappa shape index (κ3) is 4.12. The maximum absolute atomic E-state index is 13.1. The molecular weight excluding hydrogens is 460 g/mol. The van der Waals surface area contributed by atoms with E-state index >= 15 is 0 Å². The molecule has 2 heterocycles. The molecule has 0 spiro atoms. The van der Waals surface area contributed by atoms with Crippen LogP contribution >= 0.6 is 0 Å². The van der Waals surface area contributed by atoms with Crippen molar-refractivity contribution in [2.24, 2.45) is 11.8 Å². The summed E-state index contributed by atoms with van der Waals surface area (Å²) in [4.78, 5) is 26.9. The molecule has 2 aromatic carbocycles. The van der Waals surface area contributed by atoms with E-state index in [2.05, 4.69) is 4.72 Å². The van der Waals surface area contributed by atoms with Crippen LogP contribution in [0.1, 0.15) is 36.8 Å². The Morgan fingerprint density at radius 1 is 0.971 bits per heavy atom. The van der Waals surface area contributed by atoms with Gasteiger partial charge in [0.05, 0.1) is 25.5 Å². The smallest absolute Gasteiger partial charge is 0.244 e. The van der Waals surface area contributed by atoms with Crippen molar-refractivity contribution < 1.29 is 32.2 Å². The normalized spacial score (nSPS) is 21.6. The number of nitrogens with one attached hydrogen (secondary N) is 1. The van der Waals surface area contributed by atoms with Gasteiger partial charge in [-0.1, -0.05) is 25.0 Å². The first-order valence-corrected chi connectivity index (χ1v) is 12.8. The van der Waals surface area contributed by atoms with Gasteiger partial charge in [-0.15, -0.1) is 0 Å². The highest BCUT2D eigenvalue weighted by Gasteiger charge is 2.47. The van der Waals surface area contributed by atoms with Gasteiger partial charge in [0.25, 0.3) is 0 Å². The molecule has 2 aromatic rings. The molecule has 1 N–H and O–H groups in total. The lowest BCUT2D eigenvalue weighted by Crippen LogP contribution is -2.30. The summed E-state index contributed by atoms with van der Waals surface area (Å²) in [6.45, 7) is 0.218. The van der Waals surface area contributed by atoms with Crippen molar-refractivity contribution in [3.63, 3.8) is 0 Å². The molecule has 2 amide bonds. The molecule has 1 aliphatic carbocycles. The summed E-state index contributed by atoms with van der Waals surface area (Å²) in [7, 11) is -2.56. The number of hydrogen-bond acceptors (Lipinski definition) is 7. The highest BCUT2D eigenvalue weighted by molar-refractivity contribution is 7.89. The van der Waals surface area contributed by atoms with Gasteiger partial charge in [0.1, 0.15) is 10.6 Å². The van der Waals surface area contributed by atoms with Crippen LogP contribution in [-0.4, -0.2) is 39.0 Å². The van der Waals surface area contributed by atoms with Crippen LogP contribution < -0.4 is 18.9 Å². The molecular formula is C24H26N2O7S. The zero-order valence-electron chi connectivity index (χ0n) is 18.8. The van der Waals surface area contributed by atoms with Crippen molar-refractivity contribution >= 4 is 21.8 Å². The third-order valence-electron chi connectivity index (χ3n) is 6.69. The Hall–Kier alpha value is -3.11. The molecule has 2 aliphatic heterocycles. The van der Waals surface area contributed by atoms with Crippen molar-refractivity contribution in [1.82, 2.24) is 9.62 Å². The fourth-order valence-electron chi connectivity index (χ4n) is 4.91.